The molecule has 2 aromatic rings. The molecule has 1 heterocycles. The third-order valence-corrected chi connectivity index (χ3v) is 3.90. The second-order valence-corrected chi connectivity index (χ2v) is 5.74. The number of nitrogens with zero attached hydrogens (tertiary/aromatic N) is 2. The number of halogens is 1. The highest BCUT2D eigenvalue weighted by Gasteiger charge is 2.34. The molecule has 0 aromatic heterocycles. The molecule has 0 aliphatic carbocycles. The van der Waals surface area contributed by atoms with Crippen molar-refractivity contribution < 1.29 is 19.2 Å². The van der Waals surface area contributed by atoms with Crippen molar-refractivity contribution in [1.29, 1.82) is 0 Å². The molecule has 1 aliphatic heterocycles. The van der Waals surface area contributed by atoms with E-state index in [0.717, 1.165) is 5.01 Å². The minimum Gasteiger partial charge on any atom is -0.490 e. The van der Waals surface area contributed by atoms with Gasteiger partial charge in [0.2, 0.25) is 0 Å². The number of carbonyl (C=O) groups is 2. The Morgan fingerprint density at radius 1 is 1.23 bits per heavy atom. The number of carbonyl (C=O) groups excluding carboxylic acids is 2. The molecule has 0 unspecified atom stereocenters. The maximum absolute atomic E-state index is 12.5. The summed E-state index contributed by atoms with van der Waals surface area (Å²) in [4.78, 5) is 35.2. The van der Waals surface area contributed by atoms with Crippen LogP contribution in [0.15, 0.2) is 48.0 Å². The molecule has 9 heteroatoms. The van der Waals surface area contributed by atoms with Gasteiger partial charge >= 0.3 is 5.69 Å². The zero-order valence-electron chi connectivity index (χ0n) is 13.4. The Balaban J connectivity index is 1.97. The molecule has 2 amide bonds. The number of hydrazine groups is 1. The van der Waals surface area contributed by atoms with Gasteiger partial charge in [-0.2, -0.15) is 0 Å². The highest BCUT2D eigenvalue weighted by molar-refractivity contribution is 6.33. The van der Waals surface area contributed by atoms with Gasteiger partial charge in [0.25, 0.3) is 11.8 Å². The highest BCUT2D eigenvalue weighted by Crippen LogP contribution is 2.29. The summed E-state index contributed by atoms with van der Waals surface area (Å²) < 4.78 is 4.93. The van der Waals surface area contributed by atoms with Gasteiger partial charge in [0.1, 0.15) is 5.57 Å². The van der Waals surface area contributed by atoms with Gasteiger partial charge < -0.3 is 4.74 Å². The predicted octanol–water partition coefficient (Wildman–Crippen LogP) is 2.72. The number of anilines is 1. The summed E-state index contributed by atoms with van der Waals surface area (Å²) in [5.41, 5.74) is 2.75. The fraction of sp³-hybridized carbons (Fsp3) is 0.0588. The zero-order valence-corrected chi connectivity index (χ0v) is 14.2. The molecular weight excluding hydrogens is 362 g/mol. The Bertz CT molecular complexity index is 957. The van der Waals surface area contributed by atoms with Crippen molar-refractivity contribution in [2.75, 3.05) is 12.1 Å². The van der Waals surface area contributed by atoms with Crippen molar-refractivity contribution in [3.8, 4) is 5.75 Å². The molecule has 3 rings (SSSR count). The van der Waals surface area contributed by atoms with Gasteiger partial charge in [-0.25, -0.2) is 5.01 Å². The van der Waals surface area contributed by atoms with Gasteiger partial charge in [0, 0.05) is 11.1 Å². The molecule has 1 aliphatic rings. The van der Waals surface area contributed by atoms with E-state index in [4.69, 9.17) is 16.3 Å². The van der Waals surface area contributed by atoms with Crippen LogP contribution in [-0.4, -0.2) is 23.8 Å². The zero-order chi connectivity index (χ0) is 18.8. The standard InChI is InChI=1S/C17H12ClN3O5/c1-26-15-6-5-10(8-14(15)21(24)25)7-13-16(22)19-20(17(13)23)12-4-2-3-11(18)9-12/h2-9H,1H3,(H,19,22)/b13-7-. The quantitative estimate of drug-likeness (QED) is 0.384. The van der Waals surface area contributed by atoms with Crippen molar-refractivity contribution in [2.24, 2.45) is 0 Å². The maximum atomic E-state index is 12.5. The minimum absolute atomic E-state index is 0.0832. The van der Waals surface area contributed by atoms with Crippen LogP contribution < -0.4 is 15.2 Å². The Labute approximate surface area is 152 Å². The number of amides is 2. The summed E-state index contributed by atoms with van der Waals surface area (Å²) in [7, 11) is 1.32. The van der Waals surface area contributed by atoms with E-state index in [2.05, 4.69) is 5.43 Å². The van der Waals surface area contributed by atoms with Crippen LogP contribution in [0, 0.1) is 10.1 Å². The number of methoxy groups -OCH3 is 1. The highest BCUT2D eigenvalue weighted by atomic mass is 35.5. The SMILES string of the molecule is COc1ccc(/C=C2/C(=O)NN(c3cccc(Cl)c3)C2=O)cc1[N+](=O)[O-]. The molecule has 26 heavy (non-hydrogen) atoms. The molecule has 2 aromatic carbocycles. The van der Waals surface area contributed by atoms with Gasteiger partial charge in [-0.15, -0.1) is 0 Å². The molecular formula is C17H12ClN3O5. The summed E-state index contributed by atoms with van der Waals surface area (Å²) in [6, 6.07) is 10.6. The first-order valence-electron chi connectivity index (χ1n) is 7.36. The lowest BCUT2D eigenvalue weighted by Gasteiger charge is -2.14. The fourth-order valence-corrected chi connectivity index (χ4v) is 2.65. The van der Waals surface area contributed by atoms with Crippen molar-refractivity contribution >= 4 is 40.9 Å². The smallest absolute Gasteiger partial charge is 0.311 e. The number of nitro groups is 1. The molecule has 0 saturated carbocycles. The van der Waals surface area contributed by atoms with E-state index < -0.39 is 16.7 Å². The summed E-state index contributed by atoms with van der Waals surface area (Å²) in [5.74, 6) is -1.12. The third-order valence-electron chi connectivity index (χ3n) is 3.67. The van der Waals surface area contributed by atoms with Crippen LogP contribution in [0.2, 0.25) is 5.02 Å². The molecule has 132 valence electrons. The van der Waals surface area contributed by atoms with Crippen LogP contribution in [-0.2, 0) is 9.59 Å². The van der Waals surface area contributed by atoms with E-state index in [-0.39, 0.29) is 17.0 Å². The van der Waals surface area contributed by atoms with E-state index in [1.165, 1.54) is 37.5 Å². The van der Waals surface area contributed by atoms with Crippen molar-refractivity contribution in [2.45, 2.75) is 0 Å². The number of nitrogens with one attached hydrogen (secondary N) is 1. The van der Waals surface area contributed by atoms with E-state index >= 15 is 0 Å². The van der Waals surface area contributed by atoms with E-state index in [9.17, 15) is 19.7 Å². The Morgan fingerprint density at radius 3 is 2.65 bits per heavy atom. The number of hydrogen-bond acceptors (Lipinski definition) is 5. The molecule has 0 atom stereocenters. The van der Waals surface area contributed by atoms with Crippen LogP contribution in [0.4, 0.5) is 11.4 Å². The van der Waals surface area contributed by atoms with Crippen LogP contribution in [0.3, 0.4) is 0 Å². The molecule has 1 fully saturated rings. The number of nitro benzene ring substituents is 1. The summed E-state index contributed by atoms with van der Waals surface area (Å²) in [6.45, 7) is 0. The number of benzene rings is 2. The average molecular weight is 374 g/mol. The average Bonchev–Trinajstić information content (AvgIpc) is 2.90. The molecule has 8 nitrogen and oxygen atoms in total. The molecule has 0 spiro atoms. The Morgan fingerprint density at radius 2 is 2.00 bits per heavy atom. The van der Waals surface area contributed by atoms with Gasteiger partial charge in [-0.05, 0) is 35.9 Å². The van der Waals surface area contributed by atoms with Crippen molar-refractivity contribution in [3.63, 3.8) is 0 Å². The fourth-order valence-electron chi connectivity index (χ4n) is 2.46. The summed E-state index contributed by atoms with van der Waals surface area (Å²) >= 11 is 5.91. The van der Waals surface area contributed by atoms with E-state index in [0.29, 0.717) is 16.3 Å². The first kappa shape index (κ1) is 17.4. The topological polar surface area (TPSA) is 102 Å². The number of ether oxygens (including phenoxy) is 1. The summed E-state index contributed by atoms with van der Waals surface area (Å²) in [5, 5.41) is 12.6. The normalized spacial score (nSPS) is 15.3. The number of hydrogen-bond donors (Lipinski definition) is 1. The van der Waals surface area contributed by atoms with Crippen molar-refractivity contribution in [1.82, 2.24) is 5.43 Å². The second kappa shape index (κ2) is 6.85. The van der Waals surface area contributed by atoms with Crippen LogP contribution in [0.25, 0.3) is 6.08 Å². The molecule has 0 bridgehead atoms. The number of rotatable bonds is 4. The van der Waals surface area contributed by atoms with Gasteiger partial charge in [0.15, 0.2) is 5.75 Å². The lowest BCUT2D eigenvalue weighted by Crippen LogP contribution is -2.35. The van der Waals surface area contributed by atoms with Crippen LogP contribution >= 0.6 is 11.6 Å². The minimum atomic E-state index is -0.617. The predicted molar refractivity (Wildman–Crippen MR) is 94.7 cm³/mol. The lowest BCUT2D eigenvalue weighted by molar-refractivity contribution is -0.385. The van der Waals surface area contributed by atoms with E-state index in [1.807, 2.05) is 0 Å². The van der Waals surface area contributed by atoms with E-state index in [1.54, 1.807) is 18.2 Å². The molecule has 0 radical (unpaired) electrons. The maximum Gasteiger partial charge on any atom is 0.311 e. The van der Waals surface area contributed by atoms with Gasteiger partial charge in [-0.3, -0.25) is 25.1 Å². The van der Waals surface area contributed by atoms with Crippen LogP contribution in [0.1, 0.15) is 5.56 Å². The Hall–Kier alpha value is -3.39. The molecule has 1 saturated heterocycles. The second-order valence-electron chi connectivity index (χ2n) is 5.31. The monoisotopic (exact) mass is 373 g/mol. The lowest BCUT2D eigenvalue weighted by atomic mass is 10.1. The largest absolute Gasteiger partial charge is 0.490 e. The first-order chi connectivity index (χ1) is 12.4. The van der Waals surface area contributed by atoms with Gasteiger partial charge in [-0.1, -0.05) is 23.7 Å². The third kappa shape index (κ3) is 3.22. The summed E-state index contributed by atoms with van der Waals surface area (Å²) in [6.07, 6.45) is 1.29. The first-order valence-corrected chi connectivity index (χ1v) is 7.73. The van der Waals surface area contributed by atoms with Crippen molar-refractivity contribution in [3.05, 3.63) is 68.7 Å². The van der Waals surface area contributed by atoms with Gasteiger partial charge in [0.05, 0.1) is 17.7 Å². The molecule has 1 N–H and O–H groups in total. The Kier molecular flexibility index (Phi) is 4.59. The van der Waals surface area contributed by atoms with Crippen LogP contribution in [0.5, 0.6) is 5.75 Å².